The number of amides is 1. The van der Waals surface area contributed by atoms with Crippen molar-refractivity contribution in [3.63, 3.8) is 0 Å². The lowest BCUT2D eigenvalue weighted by atomic mass is 10.0. The highest BCUT2D eigenvalue weighted by Gasteiger charge is 1.98. The van der Waals surface area contributed by atoms with E-state index in [1.807, 2.05) is 6.08 Å². The van der Waals surface area contributed by atoms with Gasteiger partial charge >= 0.3 is 0 Å². The molecule has 0 heterocycles. The van der Waals surface area contributed by atoms with Gasteiger partial charge in [-0.25, -0.2) is 0 Å². The Morgan fingerprint density at radius 3 is 3.00 bits per heavy atom. The Morgan fingerprint density at radius 2 is 2.50 bits per heavy atom. The lowest BCUT2D eigenvalue weighted by Crippen LogP contribution is -2.07. The third kappa shape index (κ3) is 2.05. The fourth-order valence-electron chi connectivity index (χ4n) is 1.05. The highest BCUT2D eigenvalue weighted by Crippen LogP contribution is 2.14. The number of primary amides is 1. The van der Waals surface area contributed by atoms with E-state index in [0.29, 0.717) is 0 Å². The smallest absolute Gasteiger partial charge is 0.241 e. The van der Waals surface area contributed by atoms with E-state index in [0.717, 1.165) is 24.8 Å². The molecule has 0 spiro atoms. The van der Waals surface area contributed by atoms with Crippen LogP contribution >= 0.6 is 0 Å². The van der Waals surface area contributed by atoms with E-state index in [4.69, 9.17) is 5.73 Å². The number of hydrogen-bond donors (Lipinski definition) is 1. The summed E-state index contributed by atoms with van der Waals surface area (Å²) in [6.45, 7) is 0. The Hall–Kier alpha value is -1.05. The van der Waals surface area contributed by atoms with Crippen molar-refractivity contribution in [2.24, 2.45) is 5.73 Å². The van der Waals surface area contributed by atoms with Gasteiger partial charge in [0.05, 0.1) is 0 Å². The van der Waals surface area contributed by atoms with Crippen molar-refractivity contribution in [3.8, 4) is 0 Å². The monoisotopic (exact) mass is 137 g/mol. The molecule has 2 N–H and O–H groups in total. The molecule has 1 aliphatic rings. The average Bonchev–Trinajstić information content (AvgIpc) is 1.88. The molecule has 0 saturated heterocycles. The van der Waals surface area contributed by atoms with Crippen LogP contribution in [-0.4, -0.2) is 5.91 Å². The average molecular weight is 137 g/mol. The van der Waals surface area contributed by atoms with Gasteiger partial charge in [-0.3, -0.25) is 4.79 Å². The quantitative estimate of drug-likeness (QED) is 0.541. The third-order valence-corrected chi connectivity index (χ3v) is 1.50. The Labute approximate surface area is 60.4 Å². The van der Waals surface area contributed by atoms with Crippen molar-refractivity contribution < 1.29 is 4.79 Å². The lowest BCUT2D eigenvalue weighted by molar-refractivity contribution is -0.113. The van der Waals surface area contributed by atoms with Crippen molar-refractivity contribution in [1.82, 2.24) is 0 Å². The minimum absolute atomic E-state index is 0.346. The molecule has 0 aromatic carbocycles. The maximum atomic E-state index is 10.4. The molecule has 0 bridgehead atoms. The number of carbonyl (C=O) groups is 1. The Bertz CT molecular complexity index is 191. The predicted molar refractivity (Wildman–Crippen MR) is 40.3 cm³/mol. The molecule has 0 unspecified atom stereocenters. The first-order chi connectivity index (χ1) is 4.79. The molecule has 2 heteroatoms. The molecule has 2 nitrogen and oxygen atoms in total. The highest BCUT2D eigenvalue weighted by molar-refractivity contribution is 5.87. The lowest BCUT2D eigenvalue weighted by Gasteiger charge is -2.04. The van der Waals surface area contributed by atoms with Crippen LogP contribution in [0.4, 0.5) is 0 Å². The normalized spacial score (nSPS) is 21.4. The molecule has 1 aliphatic carbocycles. The minimum Gasteiger partial charge on any atom is -0.366 e. The predicted octanol–water partition coefficient (Wildman–Crippen LogP) is 1.14. The summed E-state index contributed by atoms with van der Waals surface area (Å²) in [5.41, 5.74) is 6.03. The van der Waals surface area contributed by atoms with E-state index in [-0.39, 0.29) is 5.91 Å². The van der Waals surface area contributed by atoms with Crippen LogP contribution in [0, 0.1) is 0 Å². The van der Waals surface area contributed by atoms with Gasteiger partial charge in [0.25, 0.3) is 0 Å². The van der Waals surface area contributed by atoms with Crippen LogP contribution in [0.5, 0.6) is 0 Å². The second-order valence-electron chi connectivity index (χ2n) is 2.42. The molecule has 0 aliphatic heterocycles. The molecule has 0 atom stereocenters. The zero-order valence-corrected chi connectivity index (χ0v) is 5.84. The van der Waals surface area contributed by atoms with Gasteiger partial charge in [0, 0.05) is 6.08 Å². The van der Waals surface area contributed by atoms with Crippen LogP contribution in [-0.2, 0) is 4.79 Å². The Morgan fingerprint density at radius 1 is 1.70 bits per heavy atom. The maximum Gasteiger partial charge on any atom is 0.241 e. The zero-order chi connectivity index (χ0) is 7.40. The van der Waals surface area contributed by atoms with E-state index >= 15 is 0 Å². The molecular weight excluding hydrogens is 126 g/mol. The van der Waals surface area contributed by atoms with Crippen molar-refractivity contribution in [2.45, 2.75) is 19.3 Å². The summed E-state index contributed by atoms with van der Waals surface area (Å²) in [6.07, 6.45) is 8.77. The molecule has 0 saturated carbocycles. The zero-order valence-electron chi connectivity index (χ0n) is 5.84. The number of nitrogens with two attached hydrogens (primary N) is 1. The standard InChI is InChI=1S/C8H11NO/c9-8(10)6-7-4-2-1-3-5-7/h2,4,6H,1,3,5H2,(H2,9,10)/b7-6-. The van der Waals surface area contributed by atoms with Gasteiger partial charge in [-0.05, 0) is 24.8 Å². The molecule has 10 heavy (non-hydrogen) atoms. The first kappa shape index (κ1) is 7.06. The van der Waals surface area contributed by atoms with E-state index in [1.54, 1.807) is 0 Å². The van der Waals surface area contributed by atoms with Crippen molar-refractivity contribution >= 4 is 5.91 Å². The van der Waals surface area contributed by atoms with Gasteiger partial charge < -0.3 is 5.73 Å². The van der Waals surface area contributed by atoms with Crippen LogP contribution in [0.1, 0.15) is 19.3 Å². The van der Waals surface area contributed by atoms with Gasteiger partial charge in [0.15, 0.2) is 0 Å². The van der Waals surface area contributed by atoms with Crippen molar-refractivity contribution in [1.29, 1.82) is 0 Å². The van der Waals surface area contributed by atoms with Crippen LogP contribution in [0.2, 0.25) is 0 Å². The number of rotatable bonds is 1. The summed E-state index contributed by atoms with van der Waals surface area (Å²) in [5, 5.41) is 0. The summed E-state index contributed by atoms with van der Waals surface area (Å²) in [7, 11) is 0. The van der Waals surface area contributed by atoms with Gasteiger partial charge in [-0.1, -0.05) is 12.2 Å². The first-order valence-electron chi connectivity index (χ1n) is 3.45. The van der Waals surface area contributed by atoms with Crippen LogP contribution < -0.4 is 5.73 Å². The summed E-state index contributed by atoms with van der Waals surface area (Å²) in [6, 6.07) is 0. The third-order valence-electron chi connectivity index (χ3n) is 1.50. The molecule has 1 rings (SSSR count). The van der Waals surface area contributed by atoms with Gasteiger partial charge in [-0.15, -0.1) is 0 Å². The van der Waals surface area contributed by atoms with E-state index in [9.17, 15) is 4.79 Å². The van der Waals surface area contributed by atoms with Crippen LogP contribution in [0.25, 0.3) is 0 Å². The fraction of sp³-hybridized carbons (Fsp3) is 0.375. The molecule has 0 fully saturated rings. The minimum atomic E-state index is -0.346. The van der Waals surface area contributed by atoms with Crippen LogP contribution in [0.15, 0.2) is 23.8 Å². The SMILES string of the molecule is NC(=O)/C=C1/C=CCCC1. The summed E-state index contributed by atoms with van der Waals surface area (Å²) >= 11 is 0. The summed E-state index contributed by atoms with van der Waals surface area (Å²) in [5.74, 6) is -0.346. The largest absolute Gasteiger partial charge is 0.366 e. The van der Waals surface area contributed by atoms with Gasteiger partial charge in [0.2, 0.25) is 5.91 Å². The van der Waals surface area contributed by atoms with Crippen LogP contribution in [0.3, 0.4) is 0 Å². The molecule has 1 amide bonds. The molecular formula is C8H11NO. The number of hydrogen-bond acceptors (Lipinski definition) is 1. The van der Waals surface area contributed by atoms with Crippen molar-refractivity contribution in [3.05, 3.63) is 23.8 Å². The topological polar surface area (TPSA) is 43.1 Å². The fourth-order valence-corrected chi connectivity index (χ4v) is 1.05. The maximum absolute atomic E-state index is 10.4. The van der Waals surface area contributed by atoms with Crippen molar-refractivity contribution in [2.75, 3.05) is 0 Å². The Kier molecular flexibility index (Phi) is 2.26. The summed E-state index contributed by atoms with van der Waals surface area (Å²) in [4.78, 5) is 10.4. The second kappa shape index (κ2) is 3.20. The molecule has 0 radical (unpaired) electrons. The number of carbonyl (C=O) groups excluding carboxylic acids is 1. The Balaban J connectivity index is 2.62. The van der Waals surface area contributed by atoms with E-state index < -0.39 is 0 Å². The van der Waals surface area contributed by atoms with E-state index in [1.165, 1.54) is 6.08 Å². The van der Waals surface area contributed by atoms with Gasteiger partial charge in [-0.2, -0.15) is 0 Å². The van der Waals surface area contributed by atoms with Gasteiger partial charge in [0.1, 0.15) is 0 Å². The molecule has 0 aromatic heterocycles. The summed E-state index contributed by atoms with van der Waals surface area (Å²) < 4.78 is 0. The molecule has 0 aromatic rings. The molecule has 54 valence electrons. The van der Waals surface area contributed by atoms with E-state index in [2.05, 4.69) is 6.08 Å². The number of allylic oxidation sites excluding steroid dienone is 3. The first-order valence-corrected chi connectivity index (χ1v) is 3.45. The second-order valence-corrected chi connectivity index (χ2v) is 2.42. The highest BCUT2D eigenvalue weighted by atomic mass is 16.1.